The average molecular weight is 255 g/mol. The predicted octanol–water partition coefficient (Wildman–Crippen LogP) is 1.69. The molecule has 4 nitrogen and oxygen atoms in total. The van der Waals surface area contributed by atoms with Gasteiger partial charge in [0.25, 0.3) is 5.91 Å². The second-order valence-electron chi connectivity index (χ2n) is 4.12. The lowest BCUT2D eigenvalue weighted by molar-refractivity contribution is -0.118. The van der Waals surface area contributed by atoms with Crippen molar-refractivity contribution in [3.63, 3.8) is 0 Å². The van der Waals surface area contributed by atoms with E-state index in [9.17, 15) is 4.79 Å². The van der Waals surface area contributed by atoms with E-state index < -0.39 is 0 Å². The Balaban J connectivity index is 2.05. The van der Waals surface area contributed by atoms with E-state index >= 15 is 0 Å². The second kappa shape index (κ2) is 5.38. The van der Waals surface area contributed by atoms with E-state index in [0.717, 1.165) is 30.0 Å². The molecule has 92 valence electrons. The lowest BCUT2D eigenvalue weighted by atomic mass is 10.1. The van der Waals surface area contributed by atoms with E-state index in [1.165, 1.54) is 0 Å². The highest BCUT2D eigenvalue weighted by atomic mass is 35.5. The molecule has 1 heterocycles. The Bertz CT molecular complexity index is 423. The Kier molecular flexibility index (Phi) is 3.86. The van der Waals surface area contributed by atoms with E-state index in [-0.39, 0.29) is 12.5 Å². The number of anilines is 1. The van der Waals surface area contributed by atoms with Crippen LogP contribution in [0.15, 0.2) is 18.2 Å². The van der Waals surface area contributed by atoms with Crippen molar-refractivity contribution < 1.29 is 9.53 Å². The van der Waals surface area contributed by atoms with Crippen molar-refractivity contribution in [2.45, 2.75) is 6.42 Å². The average Bonchev–Trinajstić information content (AvgIpc) is 2.35. The van der Waals surface area contributed by atoms with Gasteiger partial charge in [0.05, 0.1) is 11.7 Å². The van der Waals surface area contributed by atoms with Crippen molar-refractivity contribution in [1.82, 2.24) is 4.90 Å². The summed E-state index contributed by atoms with van der Waals surface area (Å²) in [6.45, 7) is 0.985. The van der Waals surface area contributed by atoms with Gasteiger partial charge in [0.2, 0.25) is 0 Å². The minimum Gasteiger partial charge on any atom is -0.482 e. The van der Waals surface area contributed by atoms with E-state index in [1.54, 1.807) is 0 Å². The van der Waals surface area contributed by atoms with Crippen LogP contribution in [0.1, 0.15) is 5.56 Å². The first kappa shape index (κ1) is 12.2. The number of hydrogen-bond acceptors (Lipinski definition) is 3. The zero-order valence-electron chi connectivity index (χ0n) is 9.70. The molecule has 0 bridgehead atoms. The molecule has 1 aliphatic heterocycles. The molecule has 0 fully saturated rings. The summed E-state index contributed by atoms with van der Waals surface area (Å²) in [5.74, 6) is 0.631. The molecule has 1 amide bonds. The molecule has 17 heavy (non-hydrogen) atoms. The van der Waals surface area contributed by atoms with E-state index in [0.29, 0.717) is 6.00 Å². The first-order valence-corrected chi connectivity index (χ1v) is 6.02. The summed E-state index contributed by atoms with van der Waals surface area (Å²) < 4.78 is 5.29. The Morgan fingerprint density at radius 2 is 2.35 bits per heavy atom. The van der Waals surface area contributed by atoms with Crippen molar-refractivity contribution >= 4 is 23.2 Å². The standard InChI is InChI=1S/C12H15ClN2O2/c1-15(8-13)5-4-9-2-3-11-10(6-9)14-12(16)7-17-11/h2-3,6H,4-5,7-8H2,1H3,(H,14,16). The van der Waals surface area contributed by atoms with Crippen LogP contribution in [-0.2, 0) is 11.2 Å². The number of carbonyl (C=O) groups excluding carboxylic acids is 1. The van der Waals surface area contributed by atoms with Gasteiger partial charge in [-0.25, -0.2) is 0 Å². The summed E-state index contributed by atoms with van der Waals surface area (Å²) in [4.78, 5) is 13.2. The molecule has 5 heteroatoms. The molecule has 0 radical (unpaired) electrons. The predicted molar refractivity (Wildman–Crippen MR) is 67.6 cm³/mol. The van der Waals surface area contributed by atoms with Gasteiger partial charge in [0.1, 0.15) is 5.75 Å². The quantitative estimate of drug-likeness (QED) is 0.657. The molecule has 1 N–H and O–H groups in total. The van der Waals surface area contributed by atoms with Gasteiger partial charge in [0, 0.05) is 6.54 Å². The number of halogens is 1. The van der Waals surface area contributed by atoms with E-state index in [1.807, 2.05) is 30.1 Å². The number of alkyl halides is 1. The third kappa shape index (κ3) is 3.11. The number of fused-ring (bicyclic) bond motifs is 1. The van der Waals surface area contributed by atoms with Crippen LogP contribution in [0.5, 0.6) is 5.75 Å². The molecule has 0 atom stereocenters. The maximum atomic E-state index is 11.2. The monoisotopic (exact) mass is 254 g/mol. The molecule has 0 unspecified atom stereocenters. The fraction of sp³-hybridized carbons (Fsp3) is 0.417. The number of amides is 1. The molecule has 0 aliphatic carbocycles. The molecule has 1 aromatic rings. The van der Waals surface area contributed by atoms with Crippen LogP contribution in [0.2, 0.25) is 0 Å². The van der Waals surface area contributed by atoms with Crippen molar-refractivity contribution in [3.05, 3.63) is 23.8 Å². The lowest BCUT2D eigenvalue weighted by Gasteiger charge is -2.19. The molecule has 0 aromatic heterocycles. The zero-order chi connectivity index (χ0) is 12.3. The number of nitrogens with one attached hydrogen (secondary N) is 1. The third-order valence-electron chi connectivity index (χ3n) is 2.66. The minimum absolute atomic E-state index is 0.0985. The van der Waals surface area contributed by atoms with Gasteiger partial charge in [-0.3, -0.25) is 9.69 Å². The van der Waals surface area contributed by atoms with Crippen LogP contribution in [0.3, 0.4) is 0 Å². The van der Waals surface area contributed by atoms with Crippen molar-refractivity contribution in [1.29, 1.82) is 0 Å². The largest absolute Gasteiger partial charge is 0.482 e. The number of likely N-dealkylation sites (N-methyl/N-ethyl adjacent to an activating group) is 1. The lowest BCUT2D eigenvalue weighted by Crippen LogP contribution is -2.25. The Morgan fingerprint density at radius 1 is 1.53 bits per heavy atom. The Labute approximate surface area is 106 Å². The highest BCUT2D eigenvalue weighted by molar-refractivity contribution is 6.17. The molecular weight excluding hydrogens is 240 g/mol. The van der Waals surface area contributed by atoms with E-state index in [4.69, 9.17) is 16.3 Å². The number of benzene rings is 1. The highest BCUT2D eigenvalue weighted by Gasteiger charge is 2.15. The Morgan fingerprint density at radius 3 is 3.12 bits per heavy atom. The summed E-state index contributed by atoms with van der Waals surface area (Å²) >= 11 is 5.70. The summed E-state index contributed by atoms with van der Waals surface area (Å²) in [6.07, 6.45) is 0.895. The van der Waals surface area contributed by atoms with Crippen molar-refractivity contribution in [2.24, 2.45) is 0 Å². The molecule has 0 saturated carbocycles. The van der Waals surface area contributed by atoms with Gasteiger partial charge < -0.3 is 10.1 Å². The SMILES string of the molecule is CN(CCl)CCc1ccc2c(c1)NC(=O)CO2. The smallest absolute Gasteiger partial charge is 0.262 e. The number of rotatable bonds is 4. The maximum Gasteiger partial charge on any atom is 0.262 e. The van der Waals surface area contributed by atoms with Crippen LogP contribution in [0, 0.1) is 0 Å². The molecule has 1 aliphatic rings. The highest BCUT2D eigenvalue weighted by Crippen LogP contribution is 2.28. The van der Waals surface area contributed by atoms with E-state index in [2.05, 4.69) is 5.32 Å². The van der Waals surface area contributed by atoms with Gasteiger partial charge in [-0.05, 0) is 31.2 Å². The van der Waals surface area contributed by atoms with Gasteiger partial charge >= 0.3 is 0 Å². The molecular formula is C12H15ClN2O2. The first-order valence-electron chi connectivity index (χ1n) is 5.49. The Hall–Kier alpha value is -1.26. The van der Waals surface area contributed by atoms with Gasteiger partial charge in [-0.2, -0.15) is 0 Å². The maximum absolute atomic E-state index is 11.2. The van der Waals surface area contributed by atoms with Crippen LogP contribution in [0.25, 0.3) is 0 Å². The summed E-state index contributed by atoms with van der Waals surface area (Å²) in [5, 5.41) is 2.80. The minimum atomic E-state index is -0.104. The van der Waals surface area contributed by atoms with Gasteiger partial charge in [-0.15, -0.1) is 11.6 Å². The fourth-order valence-corrected chi connectivity index (χ4v) is 1.79. The second-order valence-corrected chi connectivity index (χ2v) is 4.36. The van der Waals surface area contributed by atoms with Crippen molar-refractivity contribution in [3.8, 4) is 5.75 Å². The summed E-state index contributed by atoms with van der Waals surface area (Å²) in [5.41, 5.74) is 1.92. The number of carbonyl (C=O) groups is 1. The molecule has 2 rings (SSSR count). The molecule has 0 spiro atoms. The topological polar surface area (TPSA) is 41.6 Å². The molecule has 0 saturated heterocycles. The van der Waals surface area contributed by atoms with Crippen LogP contribution >= 0.6 is 11.6 Å². The third-order valence-corrected chi connectivity index (χ3v) is 3.07. The summed E-state index contributed by atoms with van der Waals surface area (Å²) in [6, 6.07) is 6.38. The van der Waals surface area contributed by atoms with Gasteiger partial charge in [-0.1, -0.05) is 6.07 Å². The van der Waals surface area contributed by atoms with Crippen molar-refractivity contribution in [2.75, 3.05) is 31.5 Å². The fourth-order valence-electron chi connectivity index (χ4n) is 1.67. The van der Waals surface area contributed by atoms with Gasteiger partial charge in [0.15, 0.2) is 6.61 Å². The summed E-state index contributed by atoms with van der Waals surface area (Å²) in [7, 11) is 1.97. The number of hydrogen-bond donors (Lipinski definition) is 1. The number of ether oxygens (including phenoxy) is 1. The van der Waals surface area contributed by atoms with Crippen LogP contribution < -0.4 is 10.1 Å². The normalized spacial score (nSPS) is 14.2. The van der Waals surface area contributed by atoms with Crippen LogP contribution in [0.4, 0.5) is 5.69 Å². The molecule has 1 aromatic carbocycles. The first-order chi connectivity index (χ1) is 8.19. The number of nitrogens with zero attached hydrogens (tertiary/aromatic N) is 1. The zero-order valence-corrected chi connectivity index (χ0v) is 10.5. The van der Waals surface area contributed by atoms with Crippen LogP contribution in [-0.4, -0.2) is 37.0 Å².